The molecule has 1 unspecified atom stereocenters. The van der Waals surface area contributed by atoms with Gasteiger partial charge in [0, 0.05) is 23.1 Å². The first-order chi connectivity index (χ1) is 7.71. The Balaban J connectivity index is 3.04. The van der Waals surface area contributed by atoms with Gasteiger partial charge < -0.3 is 5.11 Å². The van der Waals surface area contributed by atoms with Crippen LogP contribution in [-0.2, 0) is 6.42 Å². The SMILES string of the molecule is CC(C)(C)C(O)Cc1cc(Cl)ccc1[N+](=O)[O-]. The molecule has 0 aromatic heterocycles. The maximum atomic E-state index is 10.8. The molecule has 94 valence electrons. The van der Waals surface area contributed by atoms with Crippen LogP contribution >= 0.6 is 11.6 Å². The molecule has 0 spiro atoms. The number of nitro groups is 1. The molecule has 0 aliphatic heterocycles. The van der Waals surface area contributed by atoms with Gasteiger partial charge in [-0.15, -0.1) is 0 Å². The van der Waals surface area contributed by atoms with Gasteiger partial charge in [0.1, 0.15) is 0 Å². The van der Waals surface area contributed by atoms with Crippen molar-refractivity contribution >= 4 is 17.3 Å². The Bertz CT molecular complexity index is 426. The van der Waals surface area contributed by atoms with Crippen molar-refractivity contribution in [3.8, 4) is 0 Å². The monoisotopic (exact) mass is 257 g/mol. The Kier molecular flexibility index (Phi) is 4.11. The van der Waals surface area contributed by atoms with E-state index in [1.54, 1.807) is 0 Å². The molecule has 1 N–H and O–H groups in total. The fourth-order valence-electron chi connectivity index (χ4n) is 1.41. The second-order valence-corrected chi connectivity index (χ2v) is 5.55. The molecule has 17 heavy (non-hydrogen) atoms. The van der Waals surface area contributed by atoms with Gasteiger partial charge in [0.25, 0.3) is 5.69 Å². The van der Waals surface area contributed by atoms with E-state index in [0.29, 0.717) is 10.6 Å². The predicted octanol–water partition coefficient (Wildman–Crippen LogP) is 3.20. The van der Waals surface area contributed by atoms with Crippen molar-refractivity contribution in [2.45, 2.75) is 33.3 Å². The van der Waals surface area contributed by atoms with E-state index in [1.165, 1.54) is 18.2 Å². The van der Waals surface area contributed by atoms with E-state index in [-0.39, 0.29) is 17.5 Å². The maximum Gasteiger partial charge on any atom is 0.272 e. The summed E-state index contributed by atoms with van der Waals surface area (Å²) in [5, 5.41) is 21.3. The van der Waals surface area contributed by atoms with Crippen molar-refractivity contribution in [1.29, 1.82) is 0 Å². The molecule has 0 heterocycles. The largest absolute Gasteiger partial charge is 0.392 e. The van der Waals surface area contributed by atoms with Crippen molar-refractivity contribution < 1.29 is 10.0 Å². The summed E-state index contributed by atoms with van der Waals surface area (Å²) in [5.41, 5.74) is 0.138. The average Bonchev–Trinajstić information content (AvgIpc) is 2.15. The number of hydrogen-bond acceptors (Lipinski definition) is 3. The normalized spacial score (nSPS) is 13.5. The number of rotatable bonds is 3. The molecule has 0 aliphatic carbocycles. The Morgan fingerprint density at radius 3 is 2.53 bits per heavy atom. The van der Waals surface area contributed by atoms with E-state index in [2.05, 4.69) is 0 Å². The van der Waals surface area contributed by atoms with Crippen LogP contribution in [0.25, 0.3) is 0 Å². The molecule has 1 aromatic carbocycles. The molecule has 0 saturated heterocycles. The lowest BCUT2D eigenvalue weighted by atomic mass is 9.85. The number of benzene rings is 1. The van der Waals surface area contributed by atoms with E-state index < -0.39 is 11.0 Å². The highest BCUT2D eigenvalue weighted by molar-refractivity contribution is 6.30. The van der Waals surface area contributed by atoms with Crippen LogP contribution in [0.15, 0.2) is 18.2 Å². The average molecular weight is 258 g/mol. The number of halogens is 1. The third-order valence-electron chi connectivity index (χ3n) is 2.65. The zero-order valence-corrected chi connectivity index (χ0v) is 10.9. The van der Waals surface area contributed by atoms with Crippen molar-refractivity contribution in [3.05, 3.63) is 38.9 Å². The quantitative estimate of drug-likeness (QED) is 0.668. The van der Waals surface area contributed by atoms with E-state index in [0.717, 1.165) is 0 Å². The van der Waals surface area contributed by atoms with Gasteiger partial charge in [-0.1, -0.05) is 32.4 Å². The zero-order chi connectivity index (χ0) is 13.2. The van der Waals surface area contributed by atoms with E-state index >= 15 is 0 Å². The fraction of sp³-hybridized carbons (Fsp3) is 0.500. The maximum absolute atomic E-state index is 10.8. The van der Waals surface area contributed by atoms with Crippen LogP contribution in [0, 0.1) is 15.5 Å². The lowest BCUT2D eigenvalue weighted by molar-refractivity contribution is -0.385. The summed E-state index contributed by atoms with van der Waals surface area (Å²) in [5.74, 6) is 0. The first-order valence-corrected chi connectivity index (χ1v) is 5.70. The Morgan fingerprint density at radius 1 is 1.47 bits per heavy atom. The van der Waals surface area contributed by atoms with Crippen molar-refractivity contribution in [2.75, 3.05) is 0 Å². The van der Waals surface area contributed by atoms with Crippen molar-refractivity contribution in [2.24, 2.45) is 5.41 Å². The standard InChI is InChI=1S/C12H16ClNO3/c1-12(2,3)11(15)7-8-6-9(13)4-5-10(8)14(16)17/h4-6,11,15H,7H2,1-3H3. The predicted molar refractivity (Wildman–Crippen MR) is 67.3 cm³/mol. The molecular weight excluding hydrogens is 242 g/mol. The summed E-state index contributed by atoms with van der Waals surface area (Å²) < 4.78 is 0. The van der Waals surface area contributed by atoms with Crippen molar-refractivity contribution in [1.82, 2.24) is 0 Å². The highest BCUT2D eigenvalue weighted by atomic mass is 35.5. The molecule has 1 rings (SSSR count). The minimum absolute atomic E-state index is 0.00213. The highest BCUT2D eigenvalue weighted by Crippen LogP contribution is 2.28. The van der Waals surface area contributed by atoms with Gasteiger partial charge in [0.2, 0.25) is 0 Å². The molecule has 0 aliphatic rings. The van der Waals surface area contributed by atoms with E-state index in [1.807, 2.05) is 20.8 Å². The van der Waals surface area contributed by atoms with E-state index in [4.69, 9.17) is 11.6 Å². The number of aliphatic hydroxyl groups is 1. The summed E-state index contributed by atoms with van der Waals surface area (Å²) in [6, 6.07) is 4.38. The van der Waals surface area contributed by atoms with Gasteiger partial charge in [-0.2, -0.15) is 0 Å². The van der Waals surface area contributed by atoms with E-state index in [9.17, 15) is 15.2 Å². The molecule has 0 bridgehead atoms. The summed E-state index contributed by atoms with van der Waals surface area (Å²) in [7, 11) is 0. The third kappa shape index (κ3) is 3.68. The molecule has 0 radical (unpaired) electrons. The summed E-state index contributed by atoms with van der Waals surface area (Å²) in [6.07, 6.45) is -0.430. The molecule has 5 heteroatoms. The molecule has 0 amide bonds. The van der Waals surface area contributed by atoms with Gasteiger partial charge in [0.15, 0.2) is 0 Å². The number of nitro benzene ring substituents is 1. The minimum Gasteiger partial charge on any atom is -0.392 e. The zero-order valence-electron chi connectivity index (χ0n) is 10.1. The van der Waals surface area contributed by atoms with Crippen LogP contribution in [0.4, 0.5) is 5.69 Å². The fourth-order valence-corrected chi connectivity index (χ4v) is 1.60. The second kappa shape index (κ2) is 5.02. The Hall–Kier alpha value is -1.13. The van der Waals surface area contributed by atoms with Crippen LogP contribution in [-0.4, -0.2) is 16.1 Å². The Morgan fingerprint density at radius 2 is 2.06 bits per heavy atom. The van der Waals surface area contributed by atoms with Crippen LogP contribution in [0.5, 0.6) is 0 Å². The van der Waals surface area contributed by atoms with Gasteiger partial charge in [0.05, 0.1) is 11.0 Å². The van der Waals surface area contributed by atoms with Crippen molar-refractivity contribution in [3.63, 3.8) is 0 Å². The van der Waals surface area contributed by atoms with Gasteiger partial charge >= 0.3 is 0 Å². The lowest BCUT2D eigenvalue weighted by Gasteiger charge is -2.25. The minimum atomic E-state index is -0.653. The third-order valence-corrected chi connectivity index (χ3v) is 2.89. The second-order valence-electron chi connectivity index (χ2n) is 5.12. The van der Waals surface area contributed by atoms with Gasteiger partial charge in [-0.25, -0.2) is 0 Å². The molecule has 0 saturated carbocycles. The molecule has 1 aromatic rings. The number of hydrogen-bond donors (Lipinski definition) is 1. The van der Waals surface area contributed by atoms with Crippen LogP contribution in [0.3, 0.4) is 0 Å². The lowest BCUT2D eigenvalue weighted by Crippen LogP contribution is -2.28. The molecular formula is C12H16ClNO3. The van der Waals surface area contributed by atoms with Crippen LogP contribution in [0.2, 0.25) is 5.02 Å². The first-order valence-electron chi connectivity index (χ1n) is 5.32. The molecule has 0 fully saturated rings. The van der Waals surface area contributed by atoms with Crippen LogP contribution in [0.1, 0.15) is 26.3 Å². The number of aliphatic hydroxyl groups excluding tert-OH is 1. The van der Waals surface area contributed by atoms with Gasteiger partial charge in [-0.3, -0.25) is 10.1 Å². The van der Waals surface area contributed by atoms with Gasteiger partial charge in [-0.05, 0) is 17.5 Å². The summed E-state index contributed by atoms with van der Waals surface area (Å²) in [4.78, 5) is 10.4. The summed E-state index contributed by atoms with van der Waals surface area (Å²) >= 11 is 5.81. The van der Waals surface area contributed by atoms with Crippen LogP contribution < -0.4 is 0 Å². The Labute approximate surface area is 105 Å². The molecule has 4 nitrogen and oxygen atoms in total. The number of nitrogens with zero attached hydrogens (tertiary/aromatic N) is 1. The topological polar surface area (TPSA) is 63.4 Å². The first kappa shape index (κ1) is 13.9. The smallest absolute Gasteiger partial charge is 0.272 e. The summed E-state index contributed by atoms with van der Waals surface area (Å²) in [6.45, 7) is 5.65. The molecule has 1 atom stereocenters. The highest BCUT2D eigenvalue weighted by Gasteiger charge is 2.25.